The van der Waals surface area contributed by atoms with Crippen LogP contribution in [-0.2, 0) is 0 Å². The van der Waals surface area contributed by atoms with Crippen LogP contribution in [0.2, 0.25) is 0 Å². The van der Waals surface area contributed by atoms with Gasteiger partial charge in [0.25, 0.3) is 5.91 Å². The van der Waals surface area contributed by atoms with Gasteiger partial charge in [0.2, 0.25) is 0 Å². The van der Waals surface area contributed by atoms with E-state index in [0.717, 1.165) is 31.0 Å². The van der Waals surface area contributed by atoms with Crippen molar-refractivity contribution in [2.24, 2.45) is 11.1 Å². The summed E-state index contributed by atoms with van der Waals surface area (Å²) in [5.41, 5.74) is 5.94. The second-order valence-electron chi connectivity index (χ2n) is 5.28. The molecule has 0 aliphatic rings. The third kappa shape index (κ3) is 4.51. The van der Waals surface area contributed by atoms with Crippen LogP contribution in [0.15, 0.2) is 24.3 Å². The molecule has 1 aromatic rings. The number of halogens is 1. The van der Waals surface area contributed by atoms with Crippen molar-refractivity contribution in [3.8, 4) is 5.75 Å². The van der Waals surface area contributed by atoms with Crippen LogP contribution < -0.4 is 10.5 Å². The zero-order valence-electron chi connectivity index (χ0n) is 12.3. The minimum Gasteiger partial charge on any atom is -0.492 e. The fourth-order valence-electron chi connectivity index (χ4n) is 2.53. The minimum absolute atomic E-state index is 0.119. The van der Waals surface area contributed by atoms with Crippen LogP contribution in [0.5, 0.6) is 5.75 Å². The highest BCUT2D eigenvalue weighted by molar-refractivity contribution is 9.09. The number of amides is 1. The number of nitrogens with two attached hydrogens (primary N) is 1. The molecule has 20 heavy (non-hydrogen) atoms. The molecule has 0 radical (unpaired) electrons. The van der Waals surface area contributed by atoms with E-state index in [1.165, 1.54) is 0 Å². The Kier molecular flexibility index (Phi) is 7.06. The van der Waals surface area contributed by atoms with Crippen molar-refractivity contribution in [3.05, 3.63) is 29.8 Å². The number of primary amides is 1. The molecule has 0 aliphatic heterocycles. The summed E-state index contributed by atoms with van der Waals surface area (Å²) in [4.78, 5) is 11.4. The van der Waals surface area contributed by atoms with E-state index in [0.29, 0.717) is 17.9 Å². The van der Waals surface area contributed by atoms with E-state index in [4.69, 9.17) is 10.5 Å². The summed E-state index contributed by atoms with van der Waals surface area (Å²) in [6.45, 7) is 4.97. The lowest BCUT2D eigenvalue weighted by Crippen LogP contribution is -2.31. The predicted octanol–water partition coefficient (Wildman–Crippen LogP) is 4.15. The van der Waals surface area contributed by atoms with Crippen molar-refractivity contribution in [2.75, 3.05) is 11.9 Å². The van der Waals surface area contributed by atoms with Crippen molar-refractivity contribution in [1.82, 2.24) is 0 Å². The van der Waals surface area contributed by atoms with Gasteiger partial charge in [-0.1, -0.05) is 54.8 Å². The van der Waals surface area contributed by atoms with Gasteiger partial charge < -0.3 is 10.5 Å². The van der Waals surface area contributed by atoms with Crippen LogP contribution in [-0.4, -0.2) is 17.8 Å². The average molecular weight is 342 g/mol. The molecule has 0 heterocycles. The lowest BCUT2D eigenvalue weighted by atomic mass is 9.82. The molecule has 4 heteroatoms. The average Bonchev–Trinajstić information content (AvgIpc) is 2.45. The van der Waals surface area contributed by atoms with E-state index in [9.17, 15) is 4.79 Å². The molecule has 1 amide bonds. The Balaban J connectivity index is 2.84. The quantitative estimate of drug-likeness (QED) is 0.686. The monoisotopic (exact) mass is 341 g/mol. The maximum absolute atomic E-state index is 11.4. The van der Waals surface area contributed by atoms with Crippen molar-refractivity contribution in [3.63, 3.8) is 0 Å². The lowest BCUT2D eigenvalue weighted by Gasteiger charge is -2.31. The summed E-state index contributed by atoms with van der Waals surface area (Å²) < 4.78 is 5.93. The smallest absolute Gasteiger partial charge is 0.252 e. The molecule has 0 saturated carbocycles. The van der Waals surface area contributed by atoms with Crippen LogP contribution >= 0.6 is 15.9 Å². The minimum atomic E-state index is -0.448. The number of ether oxygens (including phenoxy) is 1. The number of carbonyl (C=O) groups excluding carboxylic acids is 1. The predicted molar refractivity (Wildman–Crippen MR) is 86.5 cm³/mol. The second-order valence-corrected chi connectivity index (χ2v) is 5.84. The van der Waals surface area contributed by atoms with E-state index >= 15 is 0 Å². The summed E-state index contributed by atoms with van der Waals surface area (Å²) in [5.74, 6) is 0.133. The normalized spacial score (nSPS) is 11.3. The van der Waals surface area contributed by atoms with E-state index in [1.807, 2.05) is 6.07 Å². The number of rotatable bonds is 9. The first-order valence-electron chi connectivity index (χ1n) is 7.16. The van der Waals surface area contributed by atoms with E-state index in [2.05, 4.69) is 29.8 Å². The number of benzene rings is 1. The summed E-state index contributed by atoms with van der Waals surface area (Å²) >= 11 is 3.62. The zero-order chi connectivity index (χ0) is 15.0. The van der Waals surface area contributed by atoms with Gasteiger partial charge in [-0.05, 0) is 25.0 Å². The molecule has 1 rings (SSSR count). The Morgan fingerprint density at radius 1 is 1.25 bits per heavy atom. The van der Waals surface area contributed by atoms with Crippen LogP contribution in [0, 0.1) is 5.41 Å². The number of para-hydroxylation sites is 1. The Morgan fingerprint density at radius 2 is 1.85 bits per heavy atom. The number of hydrogen-bond acceptors (Lipinski definition) is 2. The molecule has 112 valence electrons. The largest absolute Gasteiger partial charge is 0.492 e. The van der Waals surface area contributed by atoms with Crippen LogP contribution in [0.25, 0.3) is 0 Å². The van der Waals surface area contributed by atoms with Gasteiger partial charge >= 0.3 is 0 Å². The van der Waals surface area contributed by atoms with Crippen molar-refractivity contribution >= 4 is 21.8 Å². The van der Waals surface area contributed by atoms with Crippen molar-refractivity contribution in [2.45, 2.75) is 39.5 Å². The maximum atomic E-state index is 11.4. The van der Waals surface area contributed by atoms with Gasteiger partial charge in [0.05, 0.1) is 12.2 Å². The first-order chi connectivity index (χ1) is 9.58. The van der Waals surface area contributed by atoms with E-state index < -0.39 is 5.91 Å². The fraction of sp³-hybridized carbons (Fsp3) is 0.562. The second kappa shape index (κ2) is 8.30. The topological polar surface area (TPSA) is 52.3 Å². The zero-order valence-corrected chi connectivity index (χ0v) is 13.9. The van der Waals surface area contributed by atoms with Gasteiger partial charge in [-0.3, -0.25) is 4.79 Å². The number of carbonyl (C=O) groups is 1. The number of hydrogen-bond donors (Lipinski definition) is 1. The summed E-state index contributed by atoms with van der Waals surface area (Å²) in [6.07, 6.45) is 4.44. The molecule has 0 aliphatic carbocycles. The molecule has 0 aromatic heterocycles. The van der Waals surface area contributed by atoms with E-state index in [1.54, 1.807) is 18.2 Å². The molecule has 3 nitrogen and oxygen atoms in total. The number of alkyl halides is 1. The Labute approximate surface area is 130 Å². The SMILES string of the molecule is CCCC(CBr)(CCC)COc1ccccc1C(N)=O. The van der Waals surface area contributed by atoms with Gasteiger partial charge in [-0.15, -0.1) is 0 Å². The van der Waals surface area contributed by atoms with Gasteiger partial charge in [0.15, 0.2) is 0 Å². The third-order valence-electron chi connectivity index (χ3n) is 3.53. The van der Waals surface area contributed by atoms with Crippen molar-refractivity contribution in [1.29, 1.82) is 0 Å². The standard InChI is InChI=1S/C16H24BrNO2/c1-3-9-16(11-17,10-4-2)12-20-14-8-6-5-7-13(14)15(18)19/h5-8H,3-4,9-12H2,1-2H3,(H2,18,19). The highest BCUT2D eigenvalue weighted by atomic mass is 79.9. The molecule has 0 saturated heterocycles. The maximum Gasteiger partial charge on any atom is 0.252 e. The van der Waals surface area contributed by atoms with Gasteiger partial charge in [0.1, 0.15) is 5.75 Å². The first-order valence-corrected chi connectivity index (χ1v) is 8.28. The van der Waals surface area contributed by atoms with E-state index in [-0.39, 0.29) is 5.41 Å². The van der Waals surface area contributed by atoms with Gasteiger partial charge in [0, 0.05) is 10.7 Å². The Morgan fingerprint density at radius 3 is 2.35 bits per heavy atom. The molecule has 0 bridgehead atoms. The van der Waals surface area contributed by atoms with Gasteiger partial charge in [-0.25, -0.2) is 0 Å². The molecule has 0 atom stereocenters. The first kappa shape index (κ1) is 17.0. The molecule has 0 spiro atoms. The Hall–Kier alpha value is -1.03. The summed E-state index contributed by atoms with van der Waals surface area (Å²) in [5, 5.41) is 0.903. The Bertz CT molecular complexity index is 428. The molecule has 2 N–H and O–H groups in total. The summed E-state index contributed by atoms with van der Waals surface area (Å²) in [6, 6.07) is 7.16. The highest BCUT2D eigenvalue weighted by Gasteiger charge is 2.28. The fourth-order valence-corrected chi connectivity index (χ4v) is 3.25. The van der Waals surface area contributed by atoms with Crippen LogP contribution in [0.1, 0.15) is 49.9 Å². The molecule has 1 aromatic carbocycles. The van der Waals surface area contributed by atoms with Gasteiger partial charge in [-0.2, -0.15) is 0 Å². The lowest BCUT2D eigenvalue weighted by molar-refractivity contribution is 0.0988. The highest BCUT2D eigenvalue weighted by Crippen LogP contribution is 2.33. The molecular formula is C16H24BrNO2. The van der Waals surface area contributed by atoms with Crippen LogP contribution in [0.3, 0.4) is 0 Å². The molecular weight excluding hydrogens is 318 g/mol. The third-order valence-corrected chi connectivity index (χ3v) is 4.72. The van der Waals surface area contributed by atoms with Crippen LogP contribution in [0.4, 0.5) is 0 Å². The summed E-state index contributed by atoms with van der Waals surface area (Å²) in [7, 11) is 0. The molecule has 0 fully saturated rings. The molecule has 0 unspecified atom stereocenters. The van der Waals surface area contributed by atoms with Crippen molar-refractivity contribution < 1.29 is 9.53 Å².